The van der Waals surface area contributed by atoms with E-state index in [9.17, 15) is 19.7 Å². The normalized spacial score (nSPS) is 13.7. The summed E-state index contributed by atoms with van der Waals surface area (Å²) in [6.45, 7) is -0.473. The van der Waals surface area contributed by atoms with Gasteiger partial charge in [0.05, 0.1) is 10.8 Å². The van der Waals surface area contributed by atoms with Gasteiger partial charge in [0, 0.05) is 11.1 Å². The van der Waals surface area contributed by atoms with Gasteiger partial charge in [-0.25, -0.2) is 0 Å². The molecule has 106 valence electrons. The van der Waals surface area contributed by atoms with E-state index in [1.807, 2.05) is 0 Å². The highest BCUT2D eigenvalue weighted by Gasteiger charge is 2.31. The lowest BCUT2D eigenvalue weighted by Gasteiger charge is -2.07. The Morgan fingerprint density at radius 2 is 2.15 bits per heavy atom. The molecule has 0 aliphatic heterocycles. The molecule has 0 bridgehead atoms. The molecule has 0 heterocycles. The van der Waals surface area contributed by atoms with Crippen LogP contribution in [-0.2, 0) is 14.3 Å². The maximum atomic E-state index is 11.6. The molecule has 1 saturated carbocycles. The Morgan fingerprint density at radius 3 is 2.75 bits per heavy atom. The highest BCUT2D eigenvalue weighted by molar-refractivity contribution is 6.31. The molecule has 1 aliphatic rings. The van der Waals surface area contributed by atoms with Crippen molar-refractivity contribution in [3.05, 3.63) is 33.3 Å². The first-order valence-corrected chi connectivity index (χ1v) is 6.25. The van der Waals surface area contributed by atoms with Gasteiger partial charge in [0.1, 0.15) is 5.69 Å². The third kappa shape index (κ3) is 3.67. The highest BCUT2D eigenvalue weighted by atomic mass is 35.5. The molecule has 8 heteroatoms. The number of hydrogen-bond acceptors (Lipinski definition) is 5. The predicted molar refractivity (Wildman–Crippen MR) is 70.4 cm³/mol. The van der Waals surface area contributed by atoms with Gasteiger partial charge in [-0.2, -0.15) is 0 Å². The summed E-state index contributed by atoms with van der Waals surface area (Å²) in [5.74, 6) is -1.17. The zero-order chi connectivity index (χ0) is 14.7. The molecule has 1 N–H and O–H groups in total. The van der Waals surface area contributed by atoms with Crippen molar-refractivity contribution in [2.24, 2.45) is 5.92 Å². The van der Waals surface area contributed by atoms with Crippen molar-refractivity contribution in [1.29, 1.82) is 0 Å². The summed E-state index contributed by atoms with van der Waals surface area (Å²) in [6.07, 6.45) is 1.56. The van der Waals surface area contributed by atoms with Gasteiger partial charge in [-0.3, -0.25) is 19.7 Å². The maximum Gasteiger partial charge on any atom is 0.309 e. The number of ether oxygens (including phenoxy) is 1. The van der Waals surface area contributed by atoms with Crippen LogP contribution in [0, 0.1) is 16.0 Å². The number of hydrogen-bond donors (Lipinski definition) is 1. The van der Waals surface area contributed by atoms with Gasteiger partial charge in [-0.15, -0.1) is 0 Å². The fourth-order valence-corrected chi connectivity index (χ4v) is 1.70. The van der Waals surface area contributed by atoms with Crippen LogP contribution in [0.3, 0.4) is 0 Å². The molecule has 1 amide bonds. The third-order valence-electron chi connectivity index (χ3n) is 2.69. The van der Waals surface area contributed by atoms with Gasteiger partial charge in [0.2, 0.25) is 0 Å². The molecule has 0 spiro atoms. The number of anilines is 1. The van der Waals surface area contributed by atoms with E-state index in [-0.39, 0.29) is 22.3 Å². The fraction of sp³-hybridized carbons (Fsp3) is 0.333. The van der Waals surface area contributed by atoms with E-state index in [1.165, 1.54) is 18.2 Å². The number of carbonyl (C=O) groups is 2. The monoisotopic (exact) mass is 298 g/mol. The van der Waals surface area contributed by atoms with E-state index in [4.69, 9.17) is 16.3 Å². The highest BCUT2D eigenvalue weighted by Crippen LogP contribution is 2.30. The first-order valence-electron chi connectivity index (χ1n) is 5.88. The van der Waals surface area contributed by atoms with Crippen molar-refractivity contribution in [3.8, 4) is 0 Å². The third-order valence-corrected chi connectivity index (χ3v) is 2.92. The van der Waals surface area contributed by atoms with Gasteiger partial charge in [0.25, 0.3) is 11.6 Å². The van der Waals surface area contributed by atoms with Gasteiger partial charge in [-0.1, -0.05) is 11.6 Å². The number of esters is 1. The number of nitrogens with zero attached hydrogens (tertiary/aromatic N) is 1. The molecule has 1 fully saturated rings. The van der Waals surface area contributed by atoms with Crippen LogP contribution in [0.2, 0.25) is 5.02 Å². The van der Waals surface area contributed by atoms with Crippen LogP contribution in [0.1, 0.15) is 12.8 Å². The zero-order valence-corrected chi connectivity index (χ0v) is 11.1. The number of amides is 1. The van der Waals surface area contributed by atoms with Crippen LogP contribution < -0.4 is 5.32 Å². The van der Waals surface area contributed by atoms with Gasteiger partial charge < -0.3 is 10.1 Å². The second kappa shape index (κ2) is 5.87. The number of carbonyl (C=O) groups excluding carboxylic acids is 2. The Bertz CT molecular complexity index is 571. The quantitative estimate of drug-likeness (QED) is 0.510. The van der Waals surface area contributed by atoms with E-state index < -0.39 is 23.4 Å². The molecule has 20 heavy (non-hydrogen) atoms. The van der Waals surface area contributed by atoms with Crippen molar-refractivity contribution in [2.75, 3.05) is 11.9 Å². The van der Waals surface area contributed by atoms with Crippen molar-refractivity contribution in [1.82, 2.24) is 0 Å². The van der Waals surface area contributed by atoms with E-state index in [0.29, 0.717) is 0 Å². The number of nitro benzene ring substituents is 1. The first-order chi connectivity index (χ1) is 9.47. The molecule has 2 rings (SSSR count). The summed E-state index contributed by atoms with van der Waals surface area (Å²) in [6, 6.07) is 3.80. The Morgan fingerprint density at radius 1 is 1.45 bits per heavy atom. The summed E-state index contributed by atoms with van der Waals surface area (Å²) in [5.41, 5.74) is -0.314. The number of benzene rings is 1. The van der Waals surface area contributed by atoms with Crippen LogP contribution in [0.5, 0.6) is 0 Å². The van der Waals surface area contributed by atoms with Crippen LogP contribution in [0.15, 0.2) is 18.2 Å². The largest absolute Gasteiger partial charge is 0.455 e. The lowest BCUT2D eigenvalue weighted by atomic mass is 10.2. The fourth-order valence-electron chi connectivity index (χ4n) is 1.53. The molecular weight excluding hydrogens is 288 g/mol. The molecule has 1 aliphatic carbocycles. The summed E-state index contributed by atoms with van der Waals surface area (Å²) in [4.78, 5) is 33.0. The van der Waals surface area contributed by atoms with Gasteiger partial charge >= 0.3 is 5.97 Å². The number of nitrogens with one attached hydrogen (secondary N) is 1. The number of nitro groups is 1. The average molecular weight is 299 g/mol. The molecular formula is C12H11ClN2O5. The summed E-state index contributed by atoms with van der Waals surface area (Å²) >= 11 is 5.72. The number of rotatable bonds is 5. The molecule has 0 radical (unpaired) electrons. The van der Waals surface area contributed by atoms with Crippen molar-refractivity contribution >= 4 is 34.9 Å². The average Bonchev–Trinajstić information content (AvgIpc) is 3.19. The standard InChI is InChI=1S/C12H11ClN2O5/c13-8-3-4-10(15(18)19)9(5-8)14-11(16)6-20-12(17)7-1-2-7/h3-5,7H,1-2,6H2,(H,14,16). The van der Waals surface area contributed by atoms with E-state index >= 15 is 0 Å². The first kappa shape index (κ1) is 14.3. The second-order valence-electron chi connectivity index (χ2n) is 4.35. The van der Waals surface area contributed by atoms with Crippen LogP contribution in [0.25, 0.3) is 0 Å². The lowest BCUT2D eigenvalue weighted by molar-refractivity contribution is -0.383. The Hall–Kier alpha value is -2.15. The molecule has 0 atom stereocenters. The SMILES string of the molecule is O=C(COC(=O)C1CC1)Nc1cc(Cl)ccc1[N+](=O)[O-]. The topological polar surface area (TPSA) is 98.5 Å². The van der Waals surface area contributed by atoms with Gasteiger partial charge in [0.15, 0.2) is 6.61 Å². The smallest absolute Gasteiger partial charge is 0.309 e. The second-order valence-corrected chi connectivity index (χ2v) is 4.79. The maximum absolute atomic E-state index is 11.6. The van der Waals surface area contributed by atoms with Gasteiger partial charge in [-0.05, 0) is 25.0 Å². The molecule has 1 aromatic carbocycles. The number of halogens is 1. The predicted octanol–water partition coefficient (Wildman–Crippen LogP) is 2.14. The summed E-state index contributed by atoms with van der Waals surface area (Å²) in [7, 11) is 0. The molecule has 7 nitrogen and oxygen atoms in total. The van der Waals surface area contributed by atoms with Crippen LogP contribution in [0.4, 0.5) is 11.4 Å². The summed E-state index contributed by atoms with van der Waals surface area (Å²) < 4.78 is 4.78. The van der Waals surface area contributed by atoms with Crippen LogP contribution in [-0.4, -0.2) is 23.4 Å². The molecule has 0 saturated heterocycles. The van der Waals surface area contributed by atoms with Crippen molar-refractivity contribution < 1.29 is 19.2 Å². The van der Waals surface area contributed by atoms with E-state index in [0.717, 1.165) is 12.8 Å². The summed E-state index contributed by atoms with van der Waals surface area (Å²) in [5, 5.41) is 13.4. The minimum Gasteiger partial charge on any atom is -0.455 e. The molecule has 1 aromatic rings. The minimum absolute atomic E-state index is 0.0324. The zero-order valence-electron chi connectivity index (χ0n) is 10.3. The van der Waals surface area contributed by atoms with Crippen molar-refractivity contribution in [3.63, 3.8) is 0 Å². The Labute approximate surface area is 119 Å². The van der Waals surface area contributed by atoms with E-state index in [2.05, 4.69) is 5.32 Å². The lowest BCUT2D eigenvalue weighted by Crippen LogP contribution is -2.21. The molecule has 0 aromatic heterocycles. The van der Waals surface area contributed by atoms with Crippen LogP contribution >= 0.6 is 11.6 Å². The minimum atomic E-state index is -0.649. The molecule has 0 unspecified atom stereocenters. The van der Waals surface area contributed by atoms with Crippen molar-refractivity contribution in [2.45, 2.75) is 12.8 Å². The van der Waals surface area contributed by atoms with E-state index in [1.54, 1.807) is 0 Å². The Kier molecular flexibility index (Phi) is 4.19. The Balaban J connectivity index is 1.97.